The molecular weight excluding hydrogens is 395 g/mol. The second-order valence-electron chi connectivity index (χ2n) is 8.90. The minimum Gasteiger partial charge on any atom is -0.339 e. The molecule has 6 nitrogen and oxygen atoms in total. The standard InChI is InChI=1S/C24H25FN4O2/c1-24(7-8-24)23(31)29-11-9-28(10-12-29)22(30)18-5-3-16(13-19(18)25)17-4-6-21-20(14-17)26-15-27(21)2/h3-6,13-15H,7-12H2,1-2H3. The number of nitrogens with zero attached hydrogens (tertiary/aromatic N) is 4. The van der Waals surface area contributed by atoms with Crippen molar-refractivity contribution in [3.63, 3.8) is 0 Å². The number of hydrogen-bond acceptors (Lipinski definition) is 3. The van der Waals surface area contributed by atoms with Gasteiger partial charge in [-0.25, -0.2) is 9.37 Å². The van der Waals surface area contributed by atoms with Gasteiger partial charge in [0.2, 0.25) is 5.91 Å². The Hall–Kier alpha value is -3.22. The number of benzene rings is 2. The Morgan fingerprint density at radius 1 is 0.968 bits per heavy atom. The van der Waals surface area contributed by atoms with E-state index in [-0.39, 0.29) is 22.8 Å². The Kier molecular flexibility index (Phi) is 4.57. The predicted octanol–water partition coefficient (Wildman–Crippen LogP) is 3.46. The number of fused-ring (bicyclic) bond motifs is 1. The number of amides is 2. The van der Waals surface area contributed by atoms with Crippen LogP contribution in [0.25, 0.3) is 22.2 Å². The van der Waals surface area contributed by atoms with Crippen molar-refractivity contribution in [3.8, 4) is 11.1 Å². The number of imidazole rings is 1. The lowest BCUT2D eigenvalue weighted by atomic mass is 10.0. The van der Waals surface area contributed by atoms with Gasteiger partial charge in [-0.3, -0.25) is 9.59 Å². The fraction of sp³-hybridized carbons (Fsp3) is 0.375. The average Bonchev–Trinajstić information content (AvgIpc) is 3.44. The molecule has 0 unspecified atom stereocenters. The molecule has 1 saturated heterocycles. The number of carbonyl (C=O) groups excluding carboxylic acids is 2. The molecule has 2 aliphatic rings. The first-order valence-electron chi connectivity index (χ1n) is 10.7. The molecule has 0 atom stereocenters. The first-order chi connectivity index (χ1) is 14.9. The van der Waals surface area contributed by atoms with Crippen molar-refractivity contribution >= 4 is 22.8 Å². The first-order valence-corrected chi connectivity index (χ1v) is 10.7. The molecule has 0 N–H and O–H groups in total. The van der Waals surface area contributed by atoms with E-state index in [0.29, 0.717) is 31.7 Å². The summed E-state index contributed by atoms with van der Waals surface area (Å²) in [6.45, 7) is 3.86. The number of hydrogen-bond donors (Lipinski definition) is 0. The zero-order valence-corrected chi connectivity index (χ0v) is 17.8. The summed E-state index contributed by atoms with van der Waals surface area (Å²) < 4.78 is 16.8. The maximum atomic E-state index is 14.9. The largest absolute Gasteiger partial charge is 0.339 e. The van der Waals surface area contributed by atoms with E-state index in [4.69, 9.17) is 0 Å². The van der Waals surface area contributed by atoms with Crippen LogP contribution in [0.1, 0.15) is 30.1 Å². The third-order valence-corrected chi connectivity index (χ3v) is 6.63. The number of piperazine rings is 1. The van der Waals surface area contributed by atoms with E-state index in [1.165, 1.54) is 6.07 Å². The number of carbonyl (C=O) groups is 2. The number of rotatable bonds is 3. The summed E-state index contributed by atoms with van der Waals surface area (Å²) in [6, 6.07) is 10.5. The van der Waals surface area contributed by atoms with Crippen LogP contribution >= 0.6 is 0 Å². The lowest BCUT2D eigenvalue weighted by Gasteiger charge is -2.36. The maximum Gasteiger partial charge on any atom is 0.256 e. The molecule has 1 aliphatic carbocycles. The molecular formula is C24H25FN4O2. The van der Waals surface area contributed by atoms with Gasteiger partial charge in [0.15, 0.2) is 0 Å². The lowest BCUT2D eigenvalue weighted by molar-refractivity contribution is -0.137. The van der Waals surface area contributed by atoms with Crippen LogP contribution in [0.5, 0.6) is 0 Å². The molecule has 7 heteroatoms. The Labute approximate surface area is 180 Å². The van der Waals surface area contributed by atoms with Gasteiger partial charge in [-0.05, 0) is 48.2 Å². The maximum absolute atomic E-state index is 14.9. The fourth-order valence-electron chi connectivity index (χ4n) is 4.25. The summed E-state index contributed by atoms with van der Waals surface area (Å²) in [5.74, 6) is -0.679. The highest BCUT2D eigenvalue weighted by Crippen LogP contribution is 2.46. The summed E-state index contributed by atoms with van der Waals surface area (Å²) in [7, 11) is 1.93. The summed E-state index contributed by atoms with van der Waals surface area (Å²) in [6.07, 6.45) is 3.63. The highest BCUT2D eigenvalue weighted by Gasteiger charge is 2.47. The van der Waals surface area contributed by atoms with E-state index in [1.807, 2.05) is 41.6 Å². The smallest absolute Gasteiger partial charge is 0.256 e. The van der Waals surface area contributed by atoms with Crippen molar-refractivity contribution in [2.75, 3.05) is 26.2 Å². The van der Waals surface area contributed by atoms with E-state index < -0.39 is 5.82 Å². The van der Waals surface area contributed by atoms with Crippen LogP contribution in [0.15, 0.2) is 42.7 Å². The number of aryl methyl sites for hydroxylation is 1. The molecule has 0 bridgehead atoms. The molecule has 5 rings (SSSR count). The minimum absolute atomic E-state index is 0.0663. The zero-order valence-electron chi connectivity index (χ0n) is 17.8. The molecule has 160 valence electrons. The third kappa shape index (κ3) is 3.48. The normalized spacial score (nSPS) is 17.8. The first kappa shape index (κ1) is 19.7. The number of aromatic nitrogens is 2. The van der Waals surface area contributed by atoms with Crippen molar-refractivity contribution in [1.82, 2.24) is 19.4 Å². The predicted molar refractivity (Wildman–Crippen MR) is 116 cm³/mol. The molecule has 2 aromatic carbocycles. The van der Waals surface area contributed by atoms with Gasteiger partial charge in [0.1, 0.15) is 5.82 Å². The molecule has 3 aromatic rings. The van der Waals surface area contributed by atoms with Gasteiger partial charge >= 0.3 is 0 Å². The Morgan fingerprint density at radius 3 is 2.29 bits per heavy atom. The van der Waals surface area contributed by atoms with Crippen molar-refractivity contribution in [3.05, 3.63) is 54.1 Å². The van der Waals surface area contributed by atoms with Crippen LogP contribution in [0.2, 0.25) is 0 Å². The monoisotopic (exact) mass is 420 g/mol. The summed E-state index contributed by atoms with van der Waals surface area (Å²) >= 11 is 0. The molecule has 1 aliphatic heterocycles. The third-order valence-electron chi connectivity index (χ3n) is 6.63. The van der Waals surface area contributed by atoms with Gasteiger partial charge in [0.05, 0.1) is 22.9 Å². The summed E-state index contributed by atoms with van der Waals surface area (Å²) in [5.41, 5.74) is 3.26. The quantitative estimate of drug-likeness (QED) is 0.652. The molecule has 0 spiro atoms. The zero-order chi connectivity index (χ0) is 21.8. The molecule has 1 aromatic heterocycles. The molecule has 2 fully saturated rings. The molecule has 0 radical (unpaired) electrons. The SMILES string of the molecule is Cn1cnc2cc(-c3ccc(C(=O)N4CCN(C(=O)C5(C)CC5)CC4)c(F)c3)ccc21. The van der Waals surface area contributed by atoms with Crippen molar-refractivity contribution in [2.24, 2.45) is 12.5 Å². The van der Waals surface area contributed by atoms with E-state index >= 15 is 0 Å². The van der Waals surface area contributed by atoms with Crippen LogP contribution in [-0.4, -0.2) is 57.3 Å². The van der Waals surface area contributed by atoms with Crippen LogP contribution in [0.4, 0.5) is 4.39 Å². The molecule has 1 saturated carbocycles. The highest BCUT2D eigenvalue weighted by molar-refractivity contribution is 5.95. The number of halogens is 1. The van der Waals surface area contributed by atoms with Gasteiger partial charge in [-0.2, -0.15) is 0 Å². The Balaban J connectivity index is 1.30. The van der Waals surface area contributed by atoms with Gasteiger partial charge < -0.3 is 14.4 Å². The lowest BCUT2D eigenvalue weighted by Crippen LogP contribution is -2.52. The second kappa shape index (κ2) is 7.18. The van der Waals surface area contributed by atoms with Crippen LogP contribution in [0, 0.1) is 11.2 Å². The van der Waals surface area contributed by atoms with Crippen molar-refractivity contribution < 1.29 is 14.0 Å². The molecule has 2 amide bonds. The van der Waals surface area contributed by atoms with Gasteiger partial charge in [0, 0.05) is 38.6 Å². The van der Waals surface area contributed by atoms with Crippen LogP contribution in [-0.2, 0) is 11.8 Å². The van der Waals surface area contributed by atoms with Crippen LogP contribution < -0.4 is 0 Å². The van der Waals surface area contributed by atoms with Crippen LogP contribution in [0.3, 0.4) is 0 Å². The van der Waals surface area contributed by atoms with E-state index in [1.54, 1.807) is 23.4 Å². The Morgan fingerprint density at radius 2 is 1.61 bits per heavy atom. The minimum atomic E-state index is -0.535. The molecule has 31 heavy (non-hydrogen) atoms. The average molecular weight is 420 g/mol. The van der Waals surface area contributed by atoms with Gasteiger partial charge in [0.25, 0.3) is 5.91 Å². The topological polar surface area (TPSA) is 58.4 Å². The van der Waals surface area contributed by atoms with E-state index in [2.05, 4.69) is 4.98 Å². The summed E-state index contributed by atoms with van der Waals surface area (Å²) in [5, 5.41) is 0. The second-order valence-corrected chi connectivity index (χ2v) is 8.90. The van der Waals surface area contributed by atoms with Crippen molar-refractivity contribution in [2.45, 2.75) is 19.8 Å². The van der Waals surface area contributed by atoms with E-state index in [9.17, 15) is 14.0 Å². The van der Waals surface area contributed by atoms with E-state index in [0.717, 1.165) is 29.4 Å². The summed E-state index contributed by atoms with van der Waals surface area (Å²) in [4.78, 5) is 33.2. The molecule has 2 heterocycles. The Bertz CT molecular complexity index is 1190. The fourth-order valence-corrected chi connectivity index (χ4v) is 4.25. The van der Waals surface area contributed by atoms with Crippen molar-refractivity contribution in [1.29, 1.82) is 0 Å². The highest BCUT2D eigenvalue weighted by atomic mass is 19.1. The van der Waals surface area contributed by atoms with Gasteiger partial charge in [-0.15, -0.1) is 0 Å². The van der Waals surface area contributed by atoms with Gasteiger partial charge in [-0.1, -0.05) is 19.1 Å².